The third-order valence-corrected chi connectivity index (χ3v) is 2.10. The number of nitrogens with zero attached hydrogens (tertiary/aromatic N) is 2. The SMILES string of the molecule is CCC[C@@H](N)C(=O)N(CC)CCC#N. The van der Waals surface area contributed by atoms with E-state index in [-0.39, 0.29) is 5.91 Å². The topological polar surface area (TPSA) is 70.1 Å². The average molecular weight is 197 g/mol. The summed E-state index contributed by atoms with van der Waals surface area (Å²) in [5, 5.41) is 8.42. The van der Waals surface area contributed by atoms with E-state index in [1.165, 1.54) is 0 Å². The van der Waals surface area contributed by atoms with Gasteiger partial charge in [0.2, 0.25) is 5.91 Å². The molecule has 0 aromatic carbocycles. The van der Waals surface area contributed by atoms with Crippen LogP contribution in [-0.4, -0.2) is 29.9 Å². The molecular weight excluding hydrogens is 178 g/mol. The van der Waals surface area contributed by atoms with Crippen LogP contribution in [0.15, 0.2) is 0 Å². The lowest BCUT2D eigenvalue weighted by molar-refractivity contribution is -0.132. The van der Waals surface area contributed by atoms with E-state index in [9.17, 15) is 4.79 Å². The Morgan fingerprint density at radius 2 is 2.21 bits per heavy atom. The highest BCUT2D eigenvalue weighted by molar-refractivity contribution is 5.81. The molecule has 0 aliphatic heterocycles. The number of carbonyl (C=O) groups is 1. The van der Waals surface area contributed by atoms with Crippen molar-refractivity contribution in [1.82, 2.24) is 4.90 Å². The molecule has 4 nitrogen and oxygen atoms in total. The van der Waals surface area contributed by atoms with Gasteiger partial charge in [-0.3, -0.25) is 4.79 Å². The zero-order valence-electron chi connectivity index (χ0n) is 8.99. The summed E-state index contributed by atoms with van der Waals surface area (Å²) in [4.78, 5) is 13.3. The highest BCUT2D eigenvalue weighted by Gasteiger charge is 2.18. The van der Waals surface area contributed by atoms with Crippen LogP contribution < -0.4 is 5.73 Å². The summed E-state index contributed by atoms with van der Waals surface area (Å²) in [6.07, 6.45) is 1.99. The van der Waals surface area contributed by atoms with Gasteiger partial charge in [-0.15, -0.1) is 0 Å². The summed E-state index contributed by atoms with van der Waals surface area (Å²) in [6.45, 7) is 5.01. The summed E-state index contributed by atoms with van der Waals surface area (Å²) in [7, 11) is 0. The monoisotopic (exact) mass is 197 g/mol. The lowest BCUT2D eigenvalue weighted by Crippen LogP contribution is -2.43. The van der Waals surface area contributed by atoms with E-state index in [0.29, 0.717) is 25.9 Å². The molecule has 0 aliphatic carbocycles. The molecule has 0 heterocycles. The maximum atomic E-state index is 11.7. The molecule has 0 bridgehead atoms. The third kappa shape index (κ3) is 4.24. The first-order valence-electron chi connectivity index (χ1n) is 5.08. The maximum absolute atomic E-state index is 11.7. The Bertz CT molecular complexity index is 210. The van der Waals surface area contributed by atoms with Gasteiger partial charge >= 0.3 is 0 Å². The van der Waals surface area contributed by atoms with Gasteiger partial charge in [0.05, 0.1) is 18.5 Å². The number of nitrogens with two attached hydrogens (primary N) is 1. The zero-order chi connectivity index (χ0) is 11.0. The van der Waals surface area contributed by atoms with Gasteiger partial charge in [0.1, 0.15) is 0 Å². The number of hydrogen-bond donors (Lipinski definition) is 1. The van der Waals surface area contributed by atoms with E-state index < -0.39 is 6.04 Å². The summed E-state index contributed by atoms with van der Waals surface area (Å²) < 4.78 is 0. The van der Waals surface area contributed by atoms with Crippen LogP contribution in [0.5, 0.6) is 0 Å². The first-order valence-corrected chi connectivity index (χ1v) is 5.08. The van der Waals surface area contributed by atoms with E-state index in [2.05, 4.69) is 0 Å². The minimum Gasteiger partial charge on any atom is -0.341 e. The van der Waals surface area contributed by atoms with Gasteiger partial charge in [-0.05, 0) is 13.3 Å². The minimum atomic E-state index is -0.404. The highest BCUT2D eigenvalue weighted by atomic mass is 16.2. The number of amides is 1. The molecule has 0 saturated carbocycles. The second-order valence-corrected chi connectivity index (χ2v) is 3.22. The van der Waals surface area contributed by atoms with Gasteiger partial charge in [0.25, 0.3) is 0 Å². The average Bonchev–Trinajstić information content (AvgIpc) is 2.19. The second kappa shape index (κ2) is 7.34. The van der Waals surface area contributed by atoms with Crippen molar-refractivity contribution in [2.45, 2.75) is 39.2 Å². The first-order chi connectivity index (χ1) is 6.67. The number of hydrogen-bond acceptors (Lipinski definition) is 3. The smallest absolute Gasteiger partial charge is 0.239 e. The molecule has 0 spiro atoms. The number of nitriles is 1. The van der Waals surface area contributed by atoms with Crippen molar-refractivity contribution >= 4 is 5.91 Å². The maximum Gasteiger partial charge on any atom is 0.239 e. The van der Waals surface area contributed by atoms with Crippen LogP contribution in [0.3, 0.4) is 0 Å². The molecule has 0 aromatic rings. The molecule has 1 atom stereocenters. The van der Waals surface area contributed by atoms with E-state index in [1.54, 1.807) is 4.90 Å². The Balaban J connectivity index is 4.09. The Morgan fingerprint density at radius 1 is 1.57 bits per heavy atom. The lowest BCUT2D eigenvalue weighted by Gasteiger charge is -2.23. The van der Waals surface area contributed by atoms with Crippen LogP contribution >= 0.6 is 0 Å². The Morgan fingerprint density at radius 3 is 2.64 bits per heavy atom. The van der Waals surface area contributed by atoms with Crippen molar-refractivity contribution < 1.29 is 4.79 Å². The summed E-state index contributed by atoms with van der Waals surface area (Å²) >= 11 is 0. The predicted octanol–water partition coefficient (Wildman–Crippen LogP) is 0.876. The van der Waals surface area contributed by atoms with Crippen LogP contribution in [0.4, 0.5) is 0 Å². The number of carbonyl (C=O) groups excluding carboxylic acids is 1. The van der Waals surface area contributed by atoms with Crippen molar-refractivity contribution in [3.8, 4) is 6.07 Å². The van der Waals surface area contributed by atoms with E-state index in [0.717, 1.165) is 6.42 Å². The highest BCUT2D eigenvalue weighted by Crippen LogP contribution is 2.00. The van der Waals surface area contributed by atoms with Crippen LogP contribution in [0, 0.1) is 11.3 Å². The van der Waals surface area contributed by atoms with Crippen LogP contribution in [0.1, 0.15) is 33.1 Å². The third-order valence-electron chi connectivity index (χ3n) is 2.10. The van der Waals surface area contributed by atoms with Crippen LogP contribution in [0.2, 0.25) is 0 Å². The van der Waals surface area contributed by atoms with Gasteiger partial charge in [-0.2, -0.15) is 5.26 Å². The molecule has 1 amide bonds. The van der Waals surface area contributed by atoms with Crippen LogP contribution in [-0.2, 0) is 4.79 Å². The van der Waals surface area contributed by atoms with Crippen molar-refractivity contribution in [2.75, 3.05) is 13.1 Å². The van der Waals surface area contributed by atoms with Crippen molar-refractivity contribution in [2.24, 2.45) is 5.73 Å². The predicted molar refractivity (Wildman–Crippen MR) is 55.4 cm³/mol. The molecule has 0 radical (unpaired) electrons. The molecule has 0 fully saturated rings. The fourth-order valence-electron chi connectivity index (χ4n) is 1.28. The molecule has 4 heteroatoms. The summed E-state index contributed by atoms with van der Waals surface area (Å²) in [5.41, 5.74) is 5.70. The largest absolute Gasteiger partial charge is 0.341 e. The first kappa shape index (κ1) is 12.9. The Kier molecular flexibility index (Phi) is 6.77. The van der Waals surface area contributed by atoms with E-state index in [1.807, 2.05) is 19.9 Å². The van der Waals surface area contributed by atoms with Crippen molar-refractivity contribution in [1.29, 1.82) is 5.26 Å². The zero-order valence-corrected chi connectivity index (χ0v) is 8.99. The van der Waals surface area contributed by atoms with Gasteiger partial charge in [-0.1, -0.05) is 13.3 Å². The van der Waals surface area contributed by atoms with Gasteiger partial charge in [-0.25, -0.2) is 0 Å². The Hall–Kier alpha value is -1.08. The molecule has 14 heavy (non-hydrogen) atoms. The van der Waals surface area contributed by atoms with Crippen molar-refractivity contribution in [3.05, 3.63) is 0 Å². The van der Waals surface area contributed by atoms with Gasteiger partial charge < -0.3 is 10.6 Å². The lowest BCUT2D eigenvalue weighted by atomic mass is 10.1. The number of rotatable bonds is 6. The molecule has 0 saturated heterocycles. The molecule has 0 unspecified atom stereocenters. The molecule has 0 aromatic heterocycles. The Labute approximate surface area is 85.7 Å². The summed E-state index contributed by atoms with van der Waals surface area (Å²) in [5.74, 6) is -0.0374. The molecule has 0 aliphatic rings. The fraction of sp³-hybridized carbons (Fsp3) is 0.800. The minimum absolute atomic E-state index is 0.0374. The standard InChI is InChI=1S/C10H19N3O/c1-3-6-9(12)10(14)13(4-2)8-5-7-11/h9H,3-6,8,12H2,1-2H3/t9-/m1/s1. The fourth-order valence-corrected chi connectivity index (χ4v) is 1.28. The van der Waals surface area contributed by atoms with Crippen molar-refractivity contribution in [3.63, 3.8) is 0 Å². The molecule has 2 N–H and O–H groups in total. The molecule has 0 rings (SSSR count). The molecular formula is C10H19N3O. The van der Waals surface area contributed by atoms with E-state index in [4.69, 9.17) is 11.0 Å². The summed E-state index contributed by atoms with van der Waals surface area (Å²) in [6, 6.07) is 1.62. The van der Waals surface area contributed by atoms with Gasteiger partial charge in [0, 0.05) is 13.1 Å². The number of likely N-dealkylation sites (N-methyl/N-ethyl adjacent to an activating group) is 1. The van der Waals surface area contributed by atoms with E-state index >= 15 is 0 Å². The van der Waals surface area contributed by atoms with Crippen LogP contribution in [0.25, 0.3) is 0 Å². The van der Waals surface area contributed by atoms with Gasteiger partial charge in [0.15, 0.2) is 0 Å². The second-order valence-electron chi connectivity index (χ2n) is 3.22. The quantitative estimate of drug-likeness (QED) is 0.687. The molecule has 80 valence electrons. The normalized spacial score (nSPS) is 11.9.